The van der Waals surface area contributed by atoms with Crippen molar-refractivity contribution in [1.82, 2.24) is 5.32 Å². The van der Waals surface area contributed by atoms with Gasteiger partial charge in [0.15, 0.2) is 0 Å². The average molecular weight is 284 g/mol. The molecule has 0 spiro atoms. The van der Waals surface area contributed by atoms with Crippen molar-refractivity contribution in [3.05, 3.63) is 22.7 Å². The molecule has 1 saturated heterocycles. The first-order valence-corrected chi connectivity index (χ1v) is 5.53. The number of benzene rings is 1. The van der Waals surface area contributed by atoms with Gasteiger partial charge in [0.25, 0.3) is 0 Å². The van der Waals surface area contributed by atoms with E-state index in [1.54, 1.807) is 18.2 Å². The van der Waals surface area contributed by atoms with E-state index >= 15 is 0 Å². The molecule has 1 aliphatic heterocycles. The minimum Gasteiger partial charge on any atom is -0.399 e. The number of nitrogens with two attached hydrogens (primary N) is 1. The largest absolute Gasteiger partial charge is 0.399 e. The van der Waals surface area contributed by atoms with Crippen LogP contribution in [0, 0.1) is 0 Å². The van der Waals surface area contributed by atoms with Crippen LogP contribution in [-0.4, -0.2) is 18.5 Å². The minimum atomic E-state index is -0.414. The number of carbonyl (C=O) groups excluding carboxylic acids is 2. The topological polar surface area (TPSA) is 75.4 Å². The van der Waals surface area contributed by atoms with Crippen LogP contribution in [0.15, 0.2) is 22.7 Å². The zero-order valence-electron chi connectivity index (χ0n) is 8.37. The molecule has 0 unspecified atom stereocenters. The molecule has 0 aliphatic carbocycles. The molecule has 0 bridgehead atoms. The Balaban J connectivity index is 2.33. The van der Waals surface area contributed by atoms with E-state index in [4.69, 9.17) is 5.73 Å². The summed E-state index contributed by atoms with van der Waals surface area (Å²) in [5.74, 6) is -0.249. The Bertz CT molecular complexity index is 461. The summed E-state index contributed by atoms with van der Waals surface area (Å²) >= 11 is 3.35. The molecule has 1 fully saturated rings. The van der Waals surface area contributed by atoms with Crippen molar-refractivity contribution < 1.29 is 9.59 Å². The molecule has 1 heterocycles. The monoisotopic (exact) mass is 283 g/mol. The van der Waals surface area contributed by atoms with Gasteiger partial charge in [-0.2, -0.15) is 0 Å². The number of carbonyl (C=O) groups is 2. The fourth-order valence-electron chi connectivity index (χ4n) is 1.53. The Labute approximate surface area is 101 Å². The molecule has 0 saturated carbocycles. The molecule has 3 N–H and O–H groups in total. The molecule has 0 aromatic heterocycles. The van der Waals surface area contributed by atoms with Crippen molar-refractivity contribution in [2.45, 2.75) is 6.42 Å². The van der Waals surface area contributed by atoms with Crippen LogP contribution in [0.2, 0.25) is 0 Å². The van der Waals surface area contributed by atoms with Gasteiger partial charge in [0.2, 0.25) is 5.91 Å². The fourth-order valence-corrected chi connectivity index (χ4v) is 1.99. The number of hydrogen-bond acceptors (Lipinski definition) is 3. The summed E-state index contributed by atoms with van der Waals surface area (Å²) in [6.07, 6.45) is 0.299. The van der Waals surface area contributed by atoms with Gasteiger partial charge in [0, 0.05) is 23.1 Å². The van der Waals surface area contributed by atoms with Gasteiger partial charge in [-0.15, -0.1) is 0 Å². The number of nitrogens with zero attached hydrogens (tertiary/aromatic N) is 1. The van der Waals surface area contributed by atoms with Crippen LogP contribution in [0.5, 0.6) is 0 Å². The number of nitrogen functional groups attached to an aromatic ring is 1. The van der Waals surface area contributed by atoms with Crippen molar-refractivity contribution in [1.29, 1.82) is 0 Å². The van der Waals surface area contributed by atoms with Gasteiger partial charge in [-0.1, -0.05) is 0 Å². The highest BCUT2D eigenvalue weighted by Crippen LogP contribution is 2.29. The summed E-state index contributed by atoms with van der Waals surface area (Å²) in [5, 5.41) is 2.26. The fraction of sp³-hybridized carbons (Fsp3) is 0.200. The highest BCUT2D eigenvalue weighted by Gasteiger charge is 2.25. The SMILES string of the molecule is Nc1ccc(Br)c(N2CCC(=O)NC2=O)c1. The van der Waals surface area contributed by atoms with Crippen LogP contribution < -0.4 is 16.0 Å². The molecule has 5 nitrogen and oxygen atoms in total. The van der Waals surface area contributed by atoms with Crippen LogP contribution in [0.4, 0.5) is 16.2 Å². The summed E-state index contributed by atoms with van der Waals surface area (Å²) in [6, 6.07) is 4.79. The van der Waals surface area contributed by atoms with E-state index in [9.17, 15) is 9.59 Å². The van der Waals surface area contributed by atoms with Crippen LogP contribution in [0.1, 0.15) is 6.42 Å². The third-order valence-corrected chi connectivity index (χ3v) is 2.99. The molecular weight excluding hydrogens is 274 g/mol. The smallest absolute Gasteiger partial charge is 0.328 e. The van der Waals surface area contributed by atoms with Gasteiger partial charge in [-0.25, -0.2) is 4.79 Å². The summed E-state index contributed by atoms with van der Waals surface area (Å²) in [5.41, 5.74) is 6.90. The van der Waals surface area contributed by atoms with Gasteiger partial charge < -0.3 is 5.73 Å². The Morgan fingerprint density at radius 1 is 1.38 bits per heavy atom. The second-order valence-electron chi connectivity index (χ2n) is 3.47. The molecule has 84 valence electrons. The lowest BCUT2D eigenvalue weighted by atomic mass is 10.2. The summed E-state index contributed by atoms with van der Waals surface area (Å²) in [7, 11) is 0. The highest BCUT2D eigenvalue weighted by atomic mass is 79.9. The maximum absolute atomic E-state index is 11.6. The van der Waals surface area contributed by atoms with Gasteiger partial charge in [0.05, 0.1) is 5.69 Å². The Morgan fingerprint density at radius 3 is 2.81 bits per heavy atom. The van der Waals surface area contributed by atoms with Gasteiger partial charge in [-0.3, -0.25) is 15.0 Å². The molecule has 3 amide bonds. The van der Waals surface area contributed by atoms with E-state index in [2.05, 4.69) is 21.2 Å². The first-order valence-electron chi connectivity index (χ1n) is 4.74. The van der Waals surface area contributed by atoms with Crippen LogP contribution in [-0.2, 0) is 4.79 Å². The molecule has 2 rings (SSSR count). The number of hydrogen-bond donors (Lipinski definition) is 2. The Morgan fingerprint density at radius 2 is 2.12 bits per heavy atom. The van der Waals surface area contributed by atoms with E-state index in [1.807, 2.05) is 0 Å². The molecule has 1 aromatic carbocycles. The maximum atomic E-state index is 11.6. The van der Waals surface area contributed by atoms with Crippen LogP contribution in [0.25, 0.3) is 0 Å². The number of halogens is 1. The van der Waals surface area contributed by atoms with Crippen molar-refractivity contribution in [2.24, 2.45) is 0 Å². The van der Waals surface area contributed by atoms with Crippen LogP contribution in [0.3, 0.4) is 0 Å². The van der Waals surface area contributed by atoms with Crippen molar-refractivity contribution >= 4 is 39.2 Å². The van der Waals surface area contributed by atoms with E-state index < -0.39 is 6.03 Å². The van der Waals surface area contributed by atoms with Gasteiger partial charge in [-0.05, 0) is 34.1 Å². The molecule has 1 aliphatic rings. The van der Waals surface area contributed by atoms with Crippen molar-refractivity contribution in [3.8, 4) is 0 Å². The molecular formula is C10H10BrN3O2. The predicted octanol–water partition coefficient (Wildman–Crippen LogP) is 1.48. The zero-order chi connectivity index (χ0) is 11.7. The number of urea groups is 1. The molecule has 0 atom stereocenters. The number of rotatable bonds is 1. The molecule has 0 radical (unpaired) electrons. The normalized spacial score (nSPS) is 16.2. The summed E-state index contributed by atoms with van der Waals surface area (Å²) < 4.78 is 0.770. The van der Waals surface area contributed by atoms with Crippen molar-refractivity contribution in [3.63, 3.8) is 0 Å². The summed E-state index contributed by atoms with van der Waals surface area (Å²) in [6.45, 7) is 0.368. The quantitative estimate of drug-likeness (QED) is 0.767. The Hall–Kier alpha value is -1.56. The van der Waals surface area contributed by atoms with Crippen LogP contribution >= 0.6 is 15.9 Å². The molecule has 6 heteroatoms. The third kappa shape index (κ3) is 2.01. The second kappa shape index (κ2) is 4.13. The standard InChI is InChI=1S/C10H10BrN3O2/c11-7-2-1-6(12)5-8(7)14-4-3-9(15)13-10(14)16/h1-2,5H,3-4,12H2,(H,13,15,16). The van der Waals surface area contributed by atoms with E-state index in [0.29, 0.717) is 24.3 Å². The van der Waals surface area contributed by atoms with E-state index in [1.165, 1.54) is 4.90 Å². The Kier molecular flexibility index (Phi) is 2.82. The van der Waals surface area contributed by atoms with E-state index in [0.717, 1.165) is 4.47 Å². The van der Waals surface area contributed by atoms with Crippen molar-refractivity contribution in [2.75, 3.05) is 17.2 Å². The predicted molar refractivity (Wildman–Crippen MR) is 64.1 cm³/mol. The zero-order valence-corrected chi connectivity index (χ0v) is 9.95. The minimum absolute atomic E-state index is 0.249. The lowest BCUT2D eigenvalue weighted by molar-refractivity contribution is -0.120. The lowest BCUT2D eigenvalue weighted by Gasteiger charge is -2.27. The third-order valence-electron chi connectivity index (χ3n) is 2.31. The number of imide groups is 1. The van der Waals surface area contributed by atoms with E-state index in [-0.39, 0.29) is 5.91 Å². The van der Waals surface area contributed by atoms with Gasteiger partial charge >= 0.3 is 6.03 Å². The average Bonchev–Trinajstić information content (AvgIpc) is 2.22. The maximum Gasteiger partial charge on any atom is 0.328 e. The molecule has 16 heavy (non-hydrogen) atoms. The second-order valence-corrected chi connectivity index (χ2v) is 4.32. The first kappa shape index (κ1) is 10.9. The summed E-state index contributed by atoms with van der Waals surface area (Å²) in [4.78, 5) is 24.1. The highest BCUT2D eigenvalue weighted by molar-refractivity contribution is 9.10. The number of amides is 3. The van der Waals surface area contributed by atoms with Gasteiger partial charge in [0.1, 0.15) is 0 Å². The first-order chi connectivity index (χ1) is 7.58. The number of nitrogens with one attached hydrogen (secondary N) is 1. The lowest BCUT2D eigenvalue weighted by Crippen LogP contribution is -2.49. The molecule has 1 aromatic rings. The number of anilines is 2.